The molecule has 1 saturated heterocycles. The normalized spacial score (nSPS) is 20.2. The molecule has 0 spiro atoms. The van der Waals surface area contributed by atoms with E-state index in [0.29, 0.717) is 0 Å². The Kier molecular flexibility index (Phi) is 6.13. The lowest BCUT2D eigenvalue weighted by atomic mass is 10.1. The zero-order chi connectivity index (χ0) is 15.3. The molecule has 0 aromatic heterocycles. The molecule has 1 unspecified atom stereocenters. The largest absolute Gasteiger partial charge is 0.304 e. The Labute approximate surface area is 120 Å². The molecule has 1 N–H and O–H groups in total. The van der Waals surface area contributed by atoms with Gasteiger partial charge in [-0.05, 0) is 12.8 Å². The van der Waals surface area contributed by atoms with E-state index in [0.717, 1.165) is 12.8 Å². The summed E-state index contributed by atoms with van der Waals surface area (Å²) in [5.74, 6) is -0.310. The third-order valence-corrected chi connectivity index (χ3v) is 5.44. The van der Waals surface area contributed by atoms with Crippen molar-refractivity contribution in [2.75, 3.05) is 18.1 Å². The highest BCUT2D eigenvalue weighted by Gasteiger charge is 2.40. The van der Waals surface area contributed by atoms with Crippen molar-refractivity contribution in [2.45, 2.75) is 52.1 Å². The van der Waals surface area contributed by atoms with Crippen LogP contribution in [-0.4, -0.2) is 55.3 Å². The summed E-state index contributed by atoms with van der Waals surface area (Å²) < 4.78 is 22.8. The van der Waals surface area contributed by atoms with Gasteiger partial charge in [0, 0.05) is 18.3 Å². The van der Waals surface area contributed by atoms with E-state index in [-0.39, 0.29) is 42.3 Å². The van der Waals surface area contributed by atoms with E-state index >= 15 is 0 Å². The van der Waals surface area contributed by atoms with Crippen molar-refractivity contribution in [3.63, 3.8) is 0 Å². The minimum atomic E-state index is -3.05. The van der Waals surface area contributed by atoms with Crippen LogP contribution in [0.15, 0.2) is 0 Å². The lowest BCUT2D eigenvalue weighted by Gasteiger charge is -2.24. The maximum atomic E-state index is 12.2. The smallest absolute Gasteiger partial charge is 0.247 e. The highest BCUT2D eigenvalue weighted by atomic mass is 32.2. The van der Waals surface area contributed by atoms with Crippen molar-refractivity contribution in [1.82, 2.24) is 10.2 Å². The van der Waals surface area contributed by atoms with Gasteiger partial charge in [-0.1, -0.05) is 20.8 Å². The molecule has 6 nitrogen and oxygen atoms in total. The summed E-state index contributed by atoms with van der Waals surface area (Å²) in [6.07, 6.45) is 1.61. The standard InChI is InChI=1S/C13H24N2O4S/c1-4-10(5-2)15-12(16)9-11(13(15)17)14-7-8-20(18,19)6-3/h10-11,14H,4-9H2,1-3H3. The van der Waals surface area contributed by atoms with Crippen molar-refractivity contribution in [3.05, 3.63) is 0 Å². The van der Waals surface area contributed by atoms with Crippen LogP contribution in [0.1, 0.15) is 40.0 Å². The predicted molar refractivity (Wildman–Crippen MR) is 77.0 cm³/mol. The molecule has 116 valence electrons. The third-order valence-electron chi connectivity index (χ3n) is 3.73. The van der Waals surface area contributed by atoms with Crippen LogP contribution in [0.4, 0.5) is 0 Å². The first-order valence-corrected chi connectivity index (χ1v) is 8.98. The van der Waals surface area contributed by atoms with Gasteiger partial charge in [0.15, 0.2) is 9.84 Å². The summed E-state index contributed by atoms with van der Waals surface area (Å²) in [6.45, 7) is 5.69. The Balaban J connectivity index is 2.58. The van der Waals surface area contributed by atoms with E-state index in [2.05, 4.69) is 5.32 Å². The van der Waals surface area contributed by atoms with Gasteiger partial charge < -0.3 is 5.32 Å². The number of amides is 2. The van der Waals surface area contributed by atoms with Gasteiger partial charge in [0.1, 0.15) is 0 Å². The summed E-state index contributed by atoms with van der Waals surface area (Å²) in [6, 6.07) is -0.628. The van der Waals surface area contributed by atoms with Crippen LogP contribution >= 0.6 is 0 Å². The Morgan fingerprint density at radius 3 is 2.35 bits per heavy atom. The first-order valence-electron chi connectivity index (χ1n) is 7.15. The van der Waals surface area contributed by atoms with Crippen molar-refractivity contribution in [1.29, 1.82) is 0 Å². The Morgan fingerprint density at radius 2 is 1.85 bits per heavy atom. The van der Waals surface area contributed by atoms with Crippen molar-refractivity contribution in [3.8, 4) is 0 Å². The average molecular weight is 304 g/mol. The number of carbonyl (C=O) groups excluding carboxylic acids is 2. The Hall–Kier alpha value is -0.950. The van der Waals surface area contributed by atoms with Gasteiger partial charge in [0.2, 0.25) is 11.8 Å². The van der Waals surface area contributed by atoms with Gasteiger partial charge in [-0.15, -0.1) is 0 Å². The van der Waals surface area contributed by atoms with Crippen molar-refractivity contribution < 1.29 is 18.0 Å². The van der Waals surface area contributed by atoms with Gasteiger partial charge in [0.25, 0.3) is 0 Å². The first-order chi connectivity index (χ1) is 9.36. The zero-order valence-electron chi connectivity index (χ0n) is 12.4. The number of hydrogen-bond donors (Lipinski definition) is 1. The van der Waals surface area contributed by atoms with E-state index in [9.17, 15) is 18.0 Å². The second-order valence-electron chi connectivity index (χ2n) is 5.02. The van der Waals surface area contributed by atoms with E-state index in [1.165, 1.54) is 4.90 Å². The minimum absolute atomic E-state index is 0.00749. The molecule has 1 rings (SSSR count). The molecule has 20 heavy (non-hydrogen) atoms. The molecule has 0 saturated carbocycles. The summed E-state index contributed by atoms with van der Waals surface area (Å²) in [4.78, 5) is 25.5. The maximum Gasteiger partial charge on any atom is 0.247 e. The summed E-state index contributed by atoms with van der Waals surface area (Å²) in [5.41, 5.74) is 0. The molecule has 1 heterocycles. The van der Waals surface area contributed by atoms with E-state index in [4.69, 9.17) is 0 Å². The number of rotatable bonds is 8. The summed E-state index contributed by atoms with van der Waals surface area (Å²) in [5, 5.41) is 2.89. The molecular formula is C13H24N2O4S. The number of carbonyl (C=O) groups is 2. The maximum absolute atomic E-state index is 12.2. The molecule has 0 aromatic carbocycles. The van der Waals surface area contributed by atoms with Crippen LogP contribution in [0.2, 0.25) is 0 Å². The van der Waals surface area contributed by atoms with Crippen molar-refractivity contribution >= 4 is 21.7 Å². The minimum Gasteiger partial charge on any atom is -0.304 e. The van der Waals surface area contributed by atoms with E-state index in [1.807, 2.05) is 13.8 Å². The Bertz CT molecular complexity index is 457. The SMILES string of the molecule is CCC(CC)N1C(=O)CC(NCCS(=O)(=O)CC)C1=O. The second-order valence-corrected chi connectivity index (χ2v) is 7.49. The average Bonchev–Trinajstić information content (AvgIpc) is 2.68. The van der Waals surface area contributed by atoms with Gasteiger partial charge in [-0.25, -0.2) is 8.42 Å². The van der Waals surface area contributed by atoms with Crippen LogP contribution in [0.3, 0.4) is 0 Å². The Morgan fingerprint density at radius 1 is 1.25 bits per heavy atom. The zero-order valence-corrected chi connectivity index (χ0v) is 13.2. The van der Waals surface area contributed by atoms with Crippen LogP contribution in [0.5, 0.6) is 0 Å². The van der Waals surface area contributed by atoms with Crippen molar-refractivity contribution in [2.24, 2.45) is 0 Å². The number of sulfone groups is 1. The second kappa shape index (κ2) is 7.17. The topological polar surface area (TPSA) is 83.6 Å². The molecule has 1 aliphatic rings. The number of hydrogen-bond acceptors (Lipinski definition) is 5. The third kappa shape index (κ3) is 4.02. The summed E-state index contributed by atoms with van der Waals surface area (Å²) >= 11 is 0. The molecule has 0 radical (unpaired) electrons. The van der Waals surface area contributed by atoms with Gasteiger partial charge in [0.05, 0.1) is 18.2 Å². The first kappa shape index (κ1) is 17.1. The fraction of sp³-hybridized carbons (Fsp3) is 0.846. The highest BCUT2D eigenvalue weighted by molar-refractivity contribution is 7.91. The predicted octanol–water partition coefficient (Wildman–Crippen LogP) is 0.327. The quantitative estimate of drug-likeness (QED) is 0.653. The van der Waals surface area contributed by atoms with Crippen LogP contribution < -0.4 is 5.32 Å². The molecular weight excluding hydrogens is 280 g/mol. The molecule has 1 aliphatic heterocycles. The van der Waals surface area contributed by atoms with Crippen LogP contribution in [-0.2, 0) is 19.4 Å². The summed E-state index contributed by atoms with van der Waals surface area (Å²) in [7, 11) is -3.05. The van der Waals surface area contributed by atoms with E-state index in [1.54, 1.807) is 6.92 Å². The molecule has 0 bridgehead atoms. The number of imide groups is 1. The molecule has 2 amide bonds. The number of likely N-dealkylation sites (tertiary alicyclic amines) is 1. The molecule has 7 heteroatoms. The molecule has 1 fully saturated rings. The van der Waals surface area contributed by atoms with Gasteiger partial charge in [-0.2, -0.15) is 0 Å². The van der Waals surface area contributed by atoms with Gasteiger partial charge in [-0.3, -0.25) is 14.5 Å². The number of nitrogens with one attached hydrogen (secondary N) is 1. The van der Waals surface area contributed by atoms with Gasteiger partial charge >= 0.3 is 0 Å². The molecule has 0 aliphatic carbocycles. The molecule has 0 aromatic rings. The lowest BCUT2D eigenvalue weighted by molar-refractivity contribution is -0.141. The van der Waals surface area contributed by atoms with Crippen LogP contribution in [0, 0.1) is 0 Å². The fourth-order valence-corrected chi connectivity index (χ4v) is 3.10. The monoisotopic (exact) mass is 304 g/mol. The number of nitrogens with zero attached hydrogens (tertiary/aromatic N) is 1. The highest BCUT2D eigenvalue weighted by Crippen LogP contribution is 2.20. The fourth-order valence-electron chi connectivity index (χ4n) is 2.38. The molecule has 1 atom stereocenters. The lowest BCUT2D eigenvalue weighted by Crippen LogP contribution is -2.44. The van der Waals surface area contributed by atoms with Crippen LogP contribution in [0.25, 0.3) is 0 Å². The van der Waals surface area contributed by atoms with E-state index < -0.39 is 15.9 Å².